The summed E-state index contributed by atoms with van der Waals surface area (Å²) in [6.07, 6.45) is 0.266. The van der Waals surface area contributed by atoms with Gasteiger partial charge in [0.1, 0.15) is 5.92 Å². The van der Waals surface area contributed by atoms with Crippen molar-refractivity contribution in [1.82, 2.24) is 0 Å². The van der Waals surface area contributed by atoms with E-state index < -0.39 is 5.92 Å². The van der Waals surface area contributed by atoms with E-state index in [0.717, 1.165) is 5.56 Å². The van der Waals surface area contributed by atoms with Crippen molar-refractivity contribution in [3.05, 3.63) is 70.7 Å². The molecule has 3 heteroatoms. The molecule has 0 amide bonds. The number of nitrogens with zero attached hydrogens (tertiary/aromatic N) is 1. The zero-order chi connectivity index (χ0) is 13.7. The van der Waals surface area contributed by atoms with Crippen molar-refractivity contribution >= 4 is 17.4 Å². The number of hydrogen-bond acceptors (Lipinski definition) is 2. The largest absolute Gasteiger partial charge is 0.297 e. The summed E-state index contributed by atoms with van der Waals surface area (Å²) in [5.41, 5.74) is 1.61. The Morgan fingerprint density at radius 2 is 1.74 bits per heavy atom. The second-order valence-corrected chi connectivity index (χ2v) is 4.68. The van der Waals surface area contributed by atoms with Gasteiger partial charge in [-0.25, -0.2) is 0 Å². The maximum Gasteiger partial charge on any atom is 0.158 e. The SMILES string of the molecule is N#C[C@@H](C(=O)Cc1ccccc1)c1ccc(Cl)cc1. The van der Waals surface area contributed by atoms with Gasteiger partial charge < -0.3 is 0 Å². The molecule has 0 aliphatic rings. The quantitative estimate of drug-likeness (QED) is 0.848. The number of halogens is 1. The van der Waals surface area contributed by atoms with Crippen LogP contribution in [0.2, 0.25) is 5.02 Å². The summed E-state index contributed by atoms with van der Waals surface area (Å²) in [6, 6.07) is 18.3. The molecule has 2 aromatic rings. The normalized spacial score (nSPS) is 11.6. The lowest BCUT2D eigenvalue weighted by molar-refractivity contribution is -0.118. The van der Waals surface area contributed by atoms with Crippen LogP contribution in [0.1, 0.15) is 17.0 Å². The molecule has 0 N–H and O–H groups in total. The van der Waals surface area contributed by atoms with Crippen LogP contribution in [-0.4, -0.2) is 5.78 Å². The molecule has 1 atom stereocenters. The van der Waals surface area contributed by atoms with Gasteiger partial charge in [-0.05, 0) is 23.3 Å². The van der Waals surface area contributed by atoms with Gasteiger partial charge >= 0.3 is 0 Å². The Balaban J connectivity index is 2.16. The second kappa shape index (κ2) is 6.17. The fourth-order valence-electron chi connectivity index (χ4n) is 1.89. The van der Waals surface area contributed by atoms with Crippen molar-refractivity contribution in [2.24, 2.45) is 0 Å². The Hall–Kier alpha value is -2.11. The third kappa shape index (κ3) is 3.43. The number of carbonyl (C=O) groups excluding carboxylic acids is 1. The van der Waals surface area contributed by atoms with Gasteiger partial charge in [0.15, 0.2) is 5.78 Å². The minimum Gasteiger partial charge on any atom is -0.297 e. The van der Waals surface area contributed by atoms with Gasteiger partial charge in [0, 0.05) is 11.4 Å². The standard InChI is InChI=1S/C16H12ClNO/c17-14-8-6-13(7-9-14)15(11-18)16(19)10-12-4-2-1-3-5-12/h1-9,15H,10H2/t15-/m1/s1. The Morgan fingerprint density at radius 1 is 1.11 bits per heavy atom. The van der Waals surface area contributed by atoms with E-state index in [9.17, 15) is 10.1 Å². The van der Waals surface area contributed by atoms with Gasteiger partial charge in [0.05, 0.1) is 6.07 Å². The number of carbonyl (C=O) groups is 1. The minimum atomic E-state index is -0.738. The smallest absolute Gasteiger partial charge is 0.158 e. The zero-order valence-electron chi connectivity index (χ0n) is 10.2. The Bertz CT molecular complexity index is 599. The number of hydrogen-bond donors (Lipinski definition) is 0. The summed E-state index contributed by atoms with van der Waals surface area (Å²) in [5.74, 6) is -0.839. The molecule has 0 bridgehead atoms. The third-order valence-electron chi connectivity index (χ3n) is 2.88. The Labute approximate surface area is 117 Å². The van der Waals surface area contributed by atoms with Crippen LogP contribution >= 0.6 is 11.6 Å². The molecule has 19 heavy (non-hydrogen) atoms. The third-order valence-corrected chi connectivity index (χ3v) is 3.13. The first-order valence-corrected chi connectivity index (χ1v) is 6.30. The highest BCUT2D eigenvalue weighted by Gasteiger charge is 2.20. The molecule has 2 nitrogen and oxygen atoms in total. The molecule has 0 spiro atoms. The summed E-state index contributed by atoms with van der Waals surface area (Å²) < 4.78 is 0. The maximum atomic E-state index is 12.2. The van der Waals surface area contributed by atoms with Crippen molar-refractivity contribution in [2.75, 3.05) is 0 Å². The first kappa shape index (κ1) is 13.3. The van der Waals surface area contributed by atoms with Crippen LogP contribution in [0.5, 0.6) is 0 Å². The zero-order valence-corrected chi connectivity index (χ0v) is 11.0. The predicted octanol–water partition coefficient (Wildman–Crippen LogP) is 3.76. The molecule has 2 rings (SSSR count). The number of Topliss-reactive ketones (excluding diaryl/α,β-unsaturated/α-hetero) is 1. The van der Waals surface area contributed by atoms with Gasteiger partial charge in [-0.3, -0.25) is 4.79 Å². The number of ketones is 1. The molecule has 0 unspecified atom stereocenters. The average molecular weight is 270 g/mol. The lowest BCUT2D eigenvalue weighted by Gasteiger charge is -2.08. The summed E-state index contributed by atoms with van der Waals surface area (Å²) in [4.78, 5) is 12.2. The van der Waals surface area contributed by atoms with Crippen LogP contribution < -0.4 is 0 Å². The first-order valence-electron chi connectivity index (χ1n) is 5.92. The van der Waals surface area contributed by atoms with E-state index in [1.807, 2.05) is 30.3 Å². The van der Waals surface area contributed by atoms with E-state index in [-0.39, 0.29) is 12.2 Å². The lowest BCUT2D eigenvalue weighted by atomic mass is 9.92. The average Bonchev–Trinajstić information content (AvgIpc) is 2.43. The van der Waals surface area contributed by atoms with Crippen LogP contribution in [0.25, 0.3) is 0 Å². The molecule has 0 fully saturated rings. The highest BCUT2D eigenvalue weighted by molar-refractivity contribution is 6.30. The molecule has 0 aliphatic heterocycles. The summed E-state index contributed by atoms with van der Waals surface area (Å²) in [6.45, 7) is 0. The maximum absolute atomic E-state index is 12.2. The molecule has 0 radical (unpaired) electrons. The van der Waals surface area contributed by atoms with Crippen LogP contribution in [0.15, 0.2) is 54.6 Å². The van der Waals surface area contributed by atoms with Crippen molar-refractivity contribution in [2.45, 2.75) is 12.3 Å². The van der Waals surface area contributed by atoms with E-state index >= 15 is 0 Å². The second-order valence-electron chi connectivity index (χ2n) is 4.24. The predicted molar refractivity (Wildman–Crippen MR) is 75.0 cm³/mol. The van der Waals surface area contributed by atoms with Crippen LogP contribution in [-0.2, 0) is 11.2 Å². The molecule has 94 valence electrons. The van der Waals surface area contributed by atoms with E-state index in [2.05, 4.69) is 6.07 Å². The highest BCUT2D eigenvalue weighted by atomic mass is 35.5. The summed E-state index contributed by atoms with van der Waals surface area (Å²) in [7, 11) is 0. The number of benzene rings is 2. The Morgan fingerprint density at radius 3 is 2.32 bits per heavy atom. The fraction of sp³-hybridized carbons (Fsp3) is 0.125. The van der Waals surface area contributed by atoms with Crippen molar-refractivity contribution in [3.8, 4) is 6.07 Å². The monoisotopic (exact) mass is 269 g/mol. The molecule has 0 saturated carbocycles. The van der Waals surface area contributed by atoms with Crippen molar-refractivity contribution in [1.29, 1.82) is 5.26 Å². The summed E-state index contributed by atoms with van der Waals surface area (Å²) in [5, 5.41) is 9.79. The van der Waals surface area contributed by atoms with E-state index in [4.69, 9.17) is 11.6 Å². The van der Waals surface area contributed by atoms with Gasteiger partial charge in [0.25, 0.3) is 0 Å². The highest BCUT2D eigenvalue weighted by Crippen LogP contribution is 2.20. The Kier molecular flexibility index (Phi) is 4.33. The van der Waals surface area contributed by atoms with Crippen molar-refractivity contribution < 1.29 is 4.79 Å². The molecular formula is C16H12ClNO. The summed E-state index contributed by atoms with van der Waals surface area (Å²) >= 11 is 5.80. The molecular weight excluding hydrogens is 258 g/mol. The molecule has 2 aromatic carbocycles. The van der Waals surface area contributed by atoms with E-state index in [0.29, 0.717) is 10.6 Å². The van der Waals surface area contributed by atoms with Crippen LogP contribution in [0.3, 0.4) is 0 Å². The molecule has 0 aliphatic carbocycles. The minimum absolute atomic E-state index is 0.101. The lowest BCUT2D eigenvalue weighted by Crippen LogP contribution is -2.13. The molecule has 0 aromatic heterocycles. The van der Waals surface area contributed by atoms with Gasteiger partial charge in [-0.15, -0.1) is 0 Å². The van der Waals surface area contributed by atoms with Gasteiger partial charge in [-0.2, -0.15) is 5.26 Å². The molecule has 0 saturated heterocycles. The first-order chi connectivity index (χ1) is 9.20. The van der Waals surface area contributed by atoms with E-state index in [1.165, 1.54) is 0 Å². The van der Waals surface area contributed by atoms with E-state index in [1.54, 1.807) is 24.3 Å². The topological polar surface area (TPSA) is 40.9 Å². The fourth-order valence-corrected chi connectivity index (χ4v) is 2.01. The number of nitriles is 1. The van der Waals surface area contributed by atoms with Gasteiger partial charge in [-0.1, -0.05) is 54.1 Å². The molecule has 0 heterocycles. The van der Waals surface area contributed by atoms with Gasteiger partial charge in [0.2, 0.25) is 0 Å². The van der Waals surface area contributed by atoms with Crippen LogP contribution in [0.4, 0.5) is 0 Å². The van der Waals surface area contributed by atoms with Crippen LogP contribution in [0, 0.1) is 11.3 Å². The number of rotatable bonds is 4. The van der Waals surface area contributed by atoms with Crippen molar-refractivity contribution in [3.63, 3.8) is 0 Å².